The molecule has 0 unspecified atom stereocenters. The van der Waals surface area contributed by atoms with Crippen molar-refractivity contribution in [2.24, 2.45) is 0 Å². The molecular weight excluding hydrogens is 234 g/mol. The Kier molecular flexibility index (Phi) is 4.71. The van der Waals surface area contributed by atoms with Crippen molar-refractivity contribution in [2.45, 2.75) is 0 Å². The summed E-state index contributed by atoms with van der Waals surface area (Å²) in [5.74, 6) is -0.143. The Hall–Kier alpha value is -2.61. The van der Waals surface area contributed by atoms with Crippen molar-refractivity contribution >= 4 is 18.1 Å². The van der Waals surface area contributed by atoms with Gasteiger partial charge in [0.05, 0.1) is 0 Å². The Morgan fingerprint density at radius 2 is 1.32 bits per heavy atom. The summed E-state index contributed by atoms with van der Waals surface area (Å²) in [6.07, 6.45) is 6.80. The first kappa shape index (κ1) is 12.8. The third kappa shape index (κ3) is 4.64. The van der Waals surface area contributed by atoms with Crippen molar-refractivity contribution in [1.82, 2.24) is 5.32 Å². The zero-order valence-corrected chi connectivity index (χ0v) is 10.5. The number of carbonyl (C=O) groups excluding carboxylic acids is 1. The minimum atomic E-state index is -0.143. The third-order valence-electron chi connectivity index (χ3n) is 2.53. The second-order valence-electron chi connectivity index (χ2n) is 4.00. The highest BCUT2D eigenvalue weighted by Crippen LogP contribution is 2.01. The first-order valence-electron chi connectivity index (χ1n) is 6.10. The van der Waals surface area contributed by atoms with Crippen LogP contribution in [0.4, 0.5) is 0 Å². The van der Waals surface area contributed by atoms with Gasteiger partial charge in [-0.1, -0.05) is 60.7 Å². The zero-order chi connectivity index (χ0) is 13.3. The summed E-state index contributed by atoms with van der Waals surface area (Å²) < 4.78 is 0. The molecule has 0 saturated heterocycles. The second kappa shape index (κ2) is 6.97. The molecule has 0 spiro atoms. The van der Waals surface area contributed by atoms with E-state index in [0.29, 0.717) is 0 Å². The summed E-state index contributed by atoms with van der Waals surface area (Å²) in [6.45, 7) is 0. The number of nitrogens with one attached hydrogen (secondary N) is 1. The van der Waals surface area contributed by atoms with Crippen LogP contribution < -0.4 is 5.32 Å². The lowest BCUT2D eigenvalue weighted by molar-refractivity contribution is -0.115. The van der Waals surface area contributed by atoms with Gasteiger partial charge in [0.15, 0.2) is 0 Å². The maximum Gasteiger partial charge on any atom is 0.247 e. The Balaban J connectivity index is 1.85. The summed E-state index contributed by atoms with van der Waals surface area (Å²) in [5, 5.41) is 2.70. The van der Waals surface area contributed by atoms with E-state index < -0.39 is 0 Å². The van der Waals surface area contributed by atoms with Gasteiger partial charge in [-0.05, 0) is 23.3 Å². The van der Waals surface area contributed by atoms with Crippen molar-refractivity contribution in [3.05, 3.63) is 84.1 Å². The highest BCUT2D eigenvalue weighted by molar-refractivity contribution is 5.92. The molecule has 1 amide bonds. The lowest BCUT2D eigenvalue weighted by Crippen LogP contribution is -2.12. The number of amides is 1. The van der Waals surface area contributed by atoms with Gasteiger partial charge in [0, 0.05) is 12.3 Å². The summed E-state index contributed by atoms with van der Waals surface area (Å²) in [7, 11) is 0. The molecule has 0 saturated carbocycles. The molecular formula is C17H15NO. The van der Waals surface area contributed by atoms with E-state index in [2.05, 4.69) is 5.32 Å². The molecule has 2 aromatic rings. The van der Waals surface area contributed by atoms with Crippen LogP contribution in [0, 0.1) is 0 Å². The molecule has 0 aliphatic rings. The predicted octanol–water partition coefficient (Wildman–Crippen LogP) is 3.49. The molecule has 0 aromatic heterocycles. The first-order valence-corrected chi connectivity index (χ1v) is 6.10. The monoisotopic (exact) mass is 249 g/mol. The van der Waals surface area contributed by atoms with E-state index in [-0.39, 0.29) is 5.91 Å². The van der Waals surface area contributed by atoms with Gasteiger partial charge >= 0.3 is 0 Å². The van der Waals surface area contributed by atoms with E-state index in [1.54, 1.807) is 12.3 Å². The lowest BCUT2D eigenvalue weighted by Gasteiger charge is -1.95. The van der Waals surface area contributed by atoms with Crippen LogP contribution in [0.3, 0.4) is 0 Å². The molecule has 2 rings (SSSR count). The zero-order valence-electron chi connectivity index (χ0n) is 10.5. The number of hydrogen-bond donors (Lipinski definition) is 1. The topological polar surface area (TPSA) is 29.1 Å². The average Bonchev–Trinajstić information content (AvgIpc) is 2.47. The fraction of sp³-hybridized carbons (Fsp3) is 0. The standard InChI is InChI=1S/C17H15NO/c19-17(12-11-15-7-3-1-4-8-15)18-14-13-16-9-5-2-6-10-16/h1-14H,(H,18,19)/b12-11+,14-13+. The van der Waals surface area contributed by atoms with E-state index in [4.69, 9.17) is 0 Å². The molecule has 2 nitrogen and oxygen atoms in total. The molecule has 0 heterocycles. The van der Waals surface area contributed by atoms with Crippen LogP contribution >= 0.6 is 0 Å². The molecule has 0 bridgehead atoms. The van der Waals surface area contributed by atoms with E-state index in [0.717, 1.165) is 11.1 Å². The van der Waals surface area contributed by atoms with Crippen molar-refractivity contribution in [3.8, 4) is 0 Å². The molecule has 0 aliphatic carbocycles. The molecule has 0 fully saturated rings. The van der Waals surface area contributed by atoms with Crippen LogP contribution in [0.5, 0.6) is 0 Å². The number of benzene rings is 2. The fourth-order valence-corrected chi connectivity index (χ4v) is 1.57. The van der Waals surface area contributed by atoms with Crippen LogP contribution in [0.1, 0.15) is 11.1 Å². The summed E-state index contributed by atoms with van der Waals surface area (Å²) >= 11 is 0. The van der Waals surface area contributed by atoms with Crippen LogP contribution in [-0.2, 0) is 4.79 Å². The van der Waals surface area contributed by atoms with E-state index >= 15 is 0 Å². The minimum absolute atomic E-state index is 0.143. The van der Waals surface area contributed by atoms with E-state index in [9.17, 15) is 4.79 Å². The molecule has 2 heteroatoms. The van der Waals surface area contributed by atoms with E-state index in [1.807, 2.05) is 66.7 Å². The van der Waals surface area contributed by atoms with Crippen LogP contribution in [0.25, 0.3) is 12.2 Å². The Labute approximate surface area is 113 Å². The number of hydrogen-bond acceptors (Lipinski definition) is 1. The first-order chi connectivity index (χ1) is 9.34. The Morgan fingerprint density at radius 1 is 0.789 bits per heavy atom. The summed E-state index contributed by atoms with van der Waals surface area (Å²) in [5.41, 5.74) is 2.06. The van der Waals surface area contributed by atoms with Gasteiger partial charge in [0.2, 0.25) is 5.91 Å². The third-order valence-corrected chi connectivity index (χ3v) is 2.53. The average molecular weight is 249 g/mol. The largest absolute Gasteiger partial charge is 0.329 e. The summed E-state index contributed by atoms with van der Waals surface area (Å²) in [6, 6.07) is 19.5. The molecule has 19 heavy (non-hydrogen) atoms. The smallest absolute Gasteiger partial charge is 0.247 e. The molecule has 0 atom stereocenters. The van der Waals surface area contributed by atoms with Gasteiger partial charge in [-0.15, -0.1) is 0 Å². The second-order valence-corrected chi connectivity index (χ2v) is 4.00. The van der Waals surface area contributed by atoms with Gasteiger partial charge in [0.1, 0.15) is 0 Å². The van der Waals surface area contributed by atoms with Crippen LogP contribution in [0.2, 0.25) is 0 Å². The SMILES string of the molecule is O=C(/C=C/c1ccccc1)N/C=C/c1ccccc1. The maximum atomic E-state index is 11.6. The Bertz CT molecular complexity index is 571. The van der Waals surface area contributed by atoms with Gasteiger partial charge < -0.3 is 5.32 Å². The van der Waals surface area contributed by atoms with Crippen molar-refractivity contribution in [2.75, 3.05) is 0 Å². The van der Waals surface area contributed by atoms with Crippen molar-refractivity contribution in [3.63, 3.8) is 0 Å². The van der Waals surface area contributed by atoms with Crippen molar-refractivity contribution < 1.29 is 4.79 Å². The minimum Gasteiger partial charge on any atom is -0.329 e. The van der Waals surface area contributed by atoms with Crippen LogP contribution in [0.15, 0.2) is 72.9 Å². The van der Waals surface area contributed by atoms with Gasteiger partial charge in [-0.2, -0.15) is 0 Å². The van der Waals surface area contributed by atoms with Gasteiger partial charge in [-0.3, -0.25) is 4.79 Å². The predicted molar refractivity (Wildman–Crippen MR) is 79.1 cm³/mol. The molecule has 2 aromatic carbocycles. The van der Waals surface area contributed by atoms with Gasteiger partial charge in [-0.25, -0.2) is 0 Å². The quantitative estimate of drug-likeness (QED) is 0.826. The van der Waals surface area contributed by atoms with Gasteiger partial charge in [0.25, 0.3) is 0 Å². The number of carbonyl (C=O) groups is 1. The highest BCUT2D eigenvalue weighted by Gasteiger charge is 1.91. The molecule has 0 radical (unpaired) electrons. The Morgan fingerprint density at radius 3 is 1.89 bits per heavy atom. The summed E-state index contributed by atoms with van der Waals surface area (Å²) in [4.78, 5) is 11.6. The lowest BCUT2D eigenvalue weighted by atomic mass is 10.2. The molecule has 1 N–H and O–H groups in total. The number of rotatable bonds is 4. The molecule has 94 valence electrons. The van der Waals surface area contributed by atoms with E-state index in [1.165, 1.54) is 6.08 Å². The van der Waals surface area contributed by atoms with Crippen molar-refractivity contribution in [1.29, 1.82) is 0 Å². The van der Waals surface area contributed by atoms with Crippen LogP contribution in [-0.4, -0.2) is 5.91 Å². The fourth-order valence-electron chi connectivity index (χ4n) is 1.57. The normalized spacial score (nSPS) is 10.9. The highest BCUT2D eigenvalue weighted by atomic mass is 16.1. The maximum absolute atomic E-state index is 11.6. The molecule has 0 aliphatic heterocycles.